The molecule has 0 unspecified atom stereocenters. The summed E-state index contributed by atoms with van der Waals surface area (Å²) in [5.41, 5.74) is 0.865. The third kappa shape index (κ3) is 2.99. The van der Waals surface area contributed by atoms with Crippen LogP contribution in [0.3, 0.4) is 0 Å². The van der Waals surface area contributed by atoms with Crippen molar-refractivity contribution in [3.05, 3.63) is 57.8 Å². The molecule has 2 aromatic rings. The maximum Gasteiger partial charge on any atom is 0.270 e. The minimum atomic E-state index is -0.383. The minimum Gasteiger partial charge on any atom is -0.506 e. The Bertz CT molecular complexity index is 633. The van der Waals surface area contributed by atoms with E-state index in [9.17, 15) is 14.3 Å². The number of benzene rings is 1. The Hall–Kier alpha value is -2.17. The van der Waals surface area contributed by atoms with E-state index in [4.69, 9.17) is 0 Å². The quantitative estimate of drug-likeness (QED) is 0.923. The molecule has 2 rings (SSSR count). The Kier molecular flexibility index (Phi) is 3.64. The molecular formula is C14H15FN2O2. The van der Waals surface area contributed by atoms with Crippen molar-refractivity contribution in [1.29, 1.82) is 0 Å². The number of hydrogen-bond donors (Lipinski definition) is 1. The molecule has 0 radical (unpaired) electrons. The van der Waals surface area contributed by atoms with Crippen molar-refractivity contribution in [3.8, 4) is 5.75 Å². The molecule has 0 saturated heterocycles. The molecule has 1 aromatic heterocycles. The Morgan fingerprint density at radius 2 is 1.95 bits per heavy atom. The van der Waals surface area contributed by atoms with Crippen LogP contribution in [0.1, 0.15) is 31.0 Å². The van der Waals surface area contributed by atoms with E-state index in [1.54, 1.807) is 12.1 Å². The average Bonchev–Trinajstić information content (AvgIpc) is 2.34. The highest BCUT2D eigenvalue weighted by Gasteiger charge is 2.11. The van der Waals surface area contributed by atoms with Crippen LogP contribution in [0.2, 0.25) is 0 Å². The third-order valence-electron chi connectivity index (χ3n) is 2.80. The molecule has 0 bridgehead atoms. The second-order valence-corrected chi connectivity index (χ2v) is 4.69. The summed E-state index contributed by atoms with van der Waals surface area (Å²) in [6.45, 7) is 4.02. The topological polar surface area (TPSA) is 55.1 Å². The first kappa shape index (κ1) is 13.3. The molecule has 0 aliphatic heterocycles. The van der Waals surface area contributed by atoms with Crippen LogP contribution >= 0.6 is 0 Å². The summed E-state index contributed by atoms with van der Waals surface area (Å²) in [7, 11) is 0. The molecule has 0 atom stereocenters. The molecule has 0 aliphatic carbocycles. The Balaban J connectivity index is 2.37. The maximum absolute atomic E-state index is 12.8. The van der Waals surface area contributed by atoms with E-state index in [0.717, 1.165) is 11.6 Å². The lowest BCUT2D eigenvalue weighted by atomic mass is 10.1. The monoisotopic (exact) mass is 262 g/mol. The molecule has 1 heterocycles. The van der Waals surface area contributed by atoms with Crippen molar-refractivity contribution >= 4 is 0 Å². The van der Waals surface area contributed by atoms with Gasteiger partial charge in [-0.3, -0.25) is 4.79 Å². The van der Waals surface area contributed by atoms with E-state index < -0.39 is 0 Å². The summed E-state index contributed by atoms with van der Waals surface area (Å²) in [5.74, 6) is -0.395. The molecule has 100 valence electrons. The van der Waals surface area contributed by atoms with Crippen LogP contribution in [0, 0.1) is 5.82 Å². The zero-order valence-electron chi connectivity index (χ0n) is 10.8. The first-order valence-corrected chi connectivity index (χ1v) is 6.03. The lowest BCUT2D eigenvalue weighted by Gasteiger charge is -2.11. The van der Waals surface area contributed by atoms with Gasteiger partial charge in [-0.25, -0.2) is 9.07 Å². The smallest absolute Gasteiger partial charge is 0.270 e. The van der Waals surface area contributed by atoms with Crippen LogP contribution in [0.15, 0.2) is 35.1 Å². The Labute approximate surface area is 110 Å². The van der Waals surface area contributed by atoms with E-state index >= 15 is 0 Å². The molecular weight excluding hydrogens is 247 g/mol. The second kappa shape index (κ2) is 5.22. The third-order valence-corrected chi connectivity index (χ3v) is 2.80. The number of aromatic hydroxyl groups is 1. The van der Waals surface area contributed by atoms with Gasteiger partial charge in [0.25, 0.3) is 5.56 Å². The predicted octanol–water partition coefficient (Wildman–Crippen LogP) is 2.26. The number of halogens is 1. The molecule has 0 amide bonds. The molecule has 0 aliphatic rings. The summed E-state index contributed by atoms with van der Waals surface area (Å²) >= 11 is 0. The standard InChI is InChI=1S/C14H15FN2O2/c1-9(2)14-12(18)7-13(19)17(16-14)8-10-3-5-11(15)6-4-10/h3-7,9,18H,8H2,1-2H3. The molecule has 1 N–H and O–H groups in total. The fourth-order valence-corrected chi connectivity index (χ4v) is 1.78. The van der Waals surface area contributed by atoms with Gasteiger partial charge in [0.05, 0.1) is 6.54 Å². The molecule has 4 nitrogen and oxygen atoms in total. The zero-order chi connectivity index (χ0) is 14.0. The molecule has 0 saturated carbocycles. The van der Waals surface area contributed by atoms with E-state index in [1.807, 2.05) is 13.8 Å². The summed E-state index contributed by atoms with van der Waals surface area (Å²) < 4.78 is 14.1. The fraction of sp³-hybridized carbons (Fsp3) is 0.286. The van der Waals surface area contributed by atoms with Crippen LogP contribution in [-0.4, -0.2) is 14.9 Å². The lowest BCUT2D eigenvalue weighted by Crippen LogP contribution is -2.24. The van der Waals surface area contributed by atoms with Gasteiger partial charge in [-0.2, -0.15) is 5.10 Å². The van der Waals surface area contributed by atoms with E-state index in [2.05, 4.69) is 5.10 Å². The van der Waals surface area contributed by atoms with Gasteiger partial charge in [0.2, 0.25) is 0 Å². The Morgan fingerprint density at radius 1 is 1.32 bits per heavy atom. The lowest BCUT2D eigenvalue weighted by molar-refractivity contribution is 0.445. The highest BCUT2D eigenvalue weighted by Crippen LogP contribution is 2.20. The van der Waals surface area contributed by atoms with Gasteiger partial charge in [0.15, 0.2) is 0 Å². The van der Waals surface area contributed by atoms with Gasteiger partial charge >= 0.3 is 0 Å². The number of aromatic nitrogens is 2. The molecule has 1 aromatic carbocycles. The summed E-state index contributed by atoms with van der Waals surface area (Å²) in [4.78, 5) is 11.8. The average molecular weight is 262 g/mol. The van der Waals surface area contributed by atoms with Crippen molar-refractivity contribution < 1.29 is 9.50 Å². The first-order chi connectivity index (χ1) is 8.97. The highest BCUT2D eigenvalue weighted by atomic mass is 19.1. The molecule has 5 heteroatoms. The number of rotatable bonds is 3. The van der Waals surface area contributed by atoms with E-state index in [-0.39, 0.29) is 29.6 Å². The van der Waals surface area contributed by atoms with E-state index in [0.29, 0.717) is 5.69 Å². The Morgan fingerprint density at radius 3 is 2.53 bits per heavy atom. The van der Waals surface area contributed by atoms with Crippen LogP contribution in [0.25, 0.3) is 0 Å². The SMILES string of the molecule is CC(C)c1nn(Cc2ccc(F)cc2)c(=O)cc1O. The fourth-order valence-electron chi connectivity index (χ4n) is 1.78. The first-order valence-electron chi connectivity index (χ1n) is 6.03. The predicted molar refractivity (Wildman–Crippen MR) is 69.8 cm³/mol. The zero-order valence-corrected chi connectivity index (χ0v) is 10.8. The van der Waals surface area contributed by atoms with E-state index in [1.165, 1.54) is 16.8 Å². The number of hydrogen-bond acceptors (Lipinski definition) is 3. The summed E-state index contributed by atoms with van der Waals surface area (Å²) in [5, 5.41) is 13.8. The van der Waals surface area contributed by atoms with Crippen LogP contribution in [0.5, 0.6) is 5.75 Å². The van der Waals surface area contributed by atoms with Gasteiger partial charge in [-0.05, 0) is 17.7 Å². The maximum atomic E-state index is 12.8. The van der Waals surface area contributed by atoms with Crippen LogP contribution in [-0.2, 0) is 6.54 Å². The van der Waals surface area contributed by atoms with Gasteiger partial charge in [-0.15, -0.1) is 0 Å². The van der Waals surface area contributed by atoms with Crippen molar-refractivity contribution in [2.45, 2.75) is 26.3 Å². The van der Waals surface area contributed by atoms with Crippen LogP contribution in [0.4, 0.5) is 4.39 Å². The minimum absolute atomic E-state index is 0.0140. The molecule has 19 heavy (non-hydrogen) atoms. The van der Waals surface area contributed by atoms with Crippen LogP contribution < -0.4 is 5.56 Å². The van der Waals surface area contributed by atoms with Crippen molar-refractivity contribution in [1.82, 2.24) is 9.78 Å². The van der Waals surface area contributed by atoms with Crippen molar-refractivity contribution in [2.75, 3.05) is 0 Å². The molecule has 0 fully saturated rings. The van der Waals surface area contributed by atoms with Gasteiger partial charge in [0.1, 0.15) is 17.3 Å². The molecule has 0 spiro atoms. The highest BCUT2D eigenvalue weighted by molar-refractivity contribution is 5.26. The van der Waals surface area contributed by atoms with Crippen molar-refractivity contribution in [3.63, 3.8) is 0 Å². The van der Waals surface area contributed by atoms with Gasteiger partial charge < -0.3 is 5.11 Å². The van der Waals surface area contributed by atoms with Gasteiger partial charge in [0, 0.05) is 12.0 Å². The summed E-state index contributed by atoms with van der Waals surface area (Å²) in [6.07, 6.45) is 0. The number of nitrogens with zero attached hydrogens (tertiary/aromatic N) is 2. The van der Waals surface area contributed by atoms with Crippen molar-refractivity contribution in [2.24, 2.45) is 0 Å². The largest absolute Gasteiger partial charge is 0.506 e. The summed E-state index contributed by atoms with van der Waals surface area (Å²) in [6, 6.07) is 7.04. The normalized spacial score (nSPS) is 10.9. The second-order valence-electron chi connectivity index (χ2n) is 4.69. The van der Waals surface area contributed by atoms with Gasteiger partial charge in [-0.1, -0.05) is 26.0 Å².